The molecule has 0 spiro atoms. The first-order chi connectivity index (χ1) is 6.15. The van der Waals surface area contributed by atoms with Gasteiger partial charge in [-0.05, 0) is 31.6 Å². The summed E-state index contributed by atoms with van der Waals surface area (Å²) in [5, 5.41) is 18.3. The molecule has 2 N–H and O–H groups in total. The normalized spacial score (nSPS) is 18.2. The molecule has 2 heteroatoms. The van der Waals surface area contributed by atoms with Gasteiger partial charge in [-0.25, -0.2) is 0 Å². The lowest BCUT2D eigenvalue weighted by atomic mass is 9.84. The van der Waals surface area contributed by atoms with Crippen LogP contribution in [-0.2, 0) is 0 Å². The Labute approximate surface area is 82.0 Å². The molecule has 0 aliphatic carbocycles. The average molecular weight is 188 g/mol. The summed E-state index contributed by atoms with van der Waals surface area (Å²) in [6.07, 6.45) is 3.83. The minimum absolute atomic E-state index is 0.203. The monoisotopic (exact) mass is 188 g/mol. The number of rotatable bonds is 7. The zero-order chi connectivity index (χ0) is 10.3. The van der Waals surface area contributed by atoms with Crippen LogP contribution in [0, 0.1) is 11.8 Å². The summed E-state index contributed by atoms with van der Waals surface area (Å²) in [6, 6.07) is 0. The second kappa shape index (κ2) is 7.34. The zero-order valence-electron chi connectivity index (χ0n) is 9.16. The van der Waals surface area contributed by atoms with Crippen LogP contribution in [0.15, 0.2) is 0 Å². The highest BCUT2D eigenvalue weighted by atomic mass is 16.3. The molecule has 0 aromatic rings. The fourth-order valence-corrected chi connectivity index (χ4v) is 1.84. The average Bonchev–Trinajstić information content (AvgIpc) is 2.11. The van der Waals surface area contributed by atoms with Crippen molar-refractivity contribution in [1.29, 1.82) is 0 Å². The van der Waals surface area contributed by atoms with Crippen molar-refractivity contribution >= 4 is 0 Å². The van der Waals surface area contributed by atoms with Crippen LogP contribution in [0.5, 0.6) is 0 Å². The highest BCUT2D eigenvalue weighted by Crippen LogP contribution is 2.24. The van der Waals surface area contributed by atoms with Gasteiger partial charge in [0.15, 0.2) is 0 Å². The maximum Gasteiger partial charge on any atom is 0.0512 e. The van der Waals surface area contributed by atoms with E-state index in [0.717, 1.165) is 25.7 Å². The predicted molar refractivity (Wildman–Crippen MR) is 55.6 cm³/mol. The number of hydrogen-bond acceptors (Lipinski definition) is 2. The van der Waals surface area contributed by atoms with Crippen molar-refractivity contribution < 1.29 is 10.2 Å². The largest absolute Gasteiger partial charge is 0.396 e. The van der Waals surface area contributed by atoms with Gasteiger partial charge in [0, 0.05) is 6.61 Å². The Balaban J connectivity index is 3.85. The van der Waals surface area contributed by atoms with E-state index in [0.29, 0.717) is 11.8 Å². The zero-order valence-corrected chi connectivity index (χ0v) is 9.16. The van der Waals surface area contributed by atoms with Gasteiger partial charge in [-0.2, -0.15) is 0 Å². The van der Waals surface area contributed by atoms with E-state index in [1.165, 1.54) is 0 Å². The number of aliphatic hydroxyl groups is 2. The standard InChI is InChI=1S/C11H24O2/c1-4-10(7-6-9(3)13)11(5-2)8-12/h9-13H,4-8H2,1-3H3. The molecule has 0 aliphatic heterocycles. The molecule has 2 nitrogen and oxygen atoms in total. The number of aliphatic hydroxyl groups excluding tert-OH is 2. The maximum absolute atomic E-state index is 9.16. The van der Waals surface area contributed by atoms with E-state index in [2.05, 4.69) is 13.8 Å². The minimum Gasteiger partial charge on any atom is -0.396 e. The summed E-state index contributed by atoms with van der Waals surface area (Å²) >= 11 is 0. The Hall–Kier alpha value is -0.0800. The summed E-state index contributed by atoms with van der Waals surface area (Å²) in [5.74, 6) is 0.994. The van der Waals surface area contributed by atoms with Crippen molar-refractivity contribution in [3.05, 3.63) is 0 Å². The van der Waals surface area contributed by atoms with Gasteiger partial charge in [0.05, 0.1) is 6.10 Å². The fraction of sp³-hybridized carbons (Fsp3) is 1.00. The van der Waals surface area contributed by atoms with Crippen LogP contribution < -0.4 is 0 Å². The minimum atomic E-state index is -0.203. The van der Waals surface area contributed by atoms with Crippen LogP contribution in [-0.4, -0.2) is 22.9 Å². The van der Waals surface area contributed by atoms with Crippen molar-refractivity contribution in [3.8, 4) is 0 Å². The molecule has 0 bridgehead atoms. The van der Waals surface area contributed by atoms with E-state index >= 15 is 0 Å². The van der Waals surface area contributed by atoms with Crippen LogP contribution >= 0.6 is 0 Å². The second-order valence-corrected chi connectivity index (χ2v) is 3.95. The molecule has 3 atom stereocenters. The van der Waals surface area contributed by atoms with E-state index in [-0.39, 0.29) is 12.7 Å². The van der Waals surface area contributed by atoms with Crippen molar-refractivity contribution in [1.82, 2.24) is 0 Å². The first-order valence-corrected chi connectivity index (χ1v) is 5.44. The van der Waals surface area contributed by atoms with E-state index in [1.807, 2.05) is 6.92 Å². The third kappa shape index (κ3) is 5.27. The van der Waals surface area contributed by atoms with Gasteiger partial charge in [-0.15, -0.1) is 0 Å². The Morgan fingerprint density at radius 1 is 1.00 bits per heavy atom. The molecule has 0 fully saturated rings. The van der Waals surface area contributed by atoms with Gasteiger partial charge in [0.1, 0.15) is 0 Å². The van der Waals surface area contributed by atoms with E-state index in [4.69, 9.17) is 10.2 Å². The van der Waals surface area contributed by atoms with Crippen molar-refractivity contribution in [2.45, 2.75) is 52.6 Å². The first kappa shape index (κ1) is 12.9. The Morgan fingerprint density at radius 3 is 1.85 bits per heavy atom. The van der Waals surface area contributed by atoms with Crippen LogP contribution in [0.3, 0.4) is 0 Å². The summed E-state index contributed by atoms with van der Waals surface area (Å²) in [5.41, 5.74) is 0. The van der Waals surface area contributed by atoms with Gasteiger partial charge < -0.3 is 10.2 Å². The fourth-order valence-electron chi connectivity index (χ4n) is 1.84. The third-order valence-electron chi connectivity index (χ3n) is 2.91. The Bertz CT molecular complexity index is 109. The van der Waals surface area contributed by atoms with Gasteiger partial charge in [0.2, 0.25) is 0 Å². The molecular formula is C11H24O2. The molecule has 13 heavy (non-hydrogen) atoms. The molecule has 3 unspecified atom stereocenters. The van der Waals surface area contributed by atoms with Crippen LogP contribution in [0.25, 0.3) is 0 Å². The molecule has 0 saturated carbocycles. The van der Waals surface area contributed by atoms with Crippen LogP contribution in [0.1, 0.15) is 46.5 Å². The van der Waals surface area contributed by atoms with E-state index in [1.54, 1.807) is 0 Å². The number of hydrogen-bond donors (Lipinski definition) is 2. The predicted octanol–water partition coefficient (Wildman–Crippen LogP) is 2.19. The second-order valence-electron chi connectivity index (χ2n) is 3.95. The smallest absolute Gasteiger partial charge is 0.0512 e. The maximum atomic E-state index is 9.16. The third-order valence-corrected chi connectivity index (χ3v) is 2.91. The highest BCUT2D eigenvalue weighted by Gasteiger charge is 2.17. The van der Waals surface area contributed by atoms with Gasteiger partial charge in [-0.1, -0.05) is 26.7 Å². The van der Waals surface area contributed by atoms with Crippen molar-refractivity contribution in [3.63, 3.8) is 0 Å². The Morgan fingerprint density at radius 2 is 1.54 bits per heavy atom. The van der Waals surface area contributed by atoms with Gasteiger partial charge in [-0.3, -0.25) is 0 Å². The lowest BCUT2D eigenvalue weighted by molar-refractivity contribution is 0.132. The summed E-state index contributed by atoms with van der Waals surface area (Å²) in [6.45, 7) is 6.39. The molecule has 0 aromatic heterocycles. The summed E-state index contributed by atoms with van der Waals surface area (Å²) in [7, 11) is 0. The molecule has 0 rings (SSSR count). The molecular weight excluding hydrogens is 164 g/mol. The van der Waals surface area contributed by atoms with Crippen molar-refractivity contribution in [2.75, 3.05) is 6.61 Å². The molecule has 80 valence electrons. The first-order valence-electron chi connectivity index (χ1n) is 5.44. The SMILES string of the molecule is CCC(CO)C(CC)CCC(C)O. The summed E-state index contributed by atoms with van der Waals surface area (Å²) in [4.78, 5) is 0. The molecule has 0 saturated heterocycles. The highest BCUT2D eigenvalue weighted by molar-refractivity contribution is 4.68. The Kier molecular flexibility index (Phi) is 7.29. The molecule has 0 aromatic carbocycles. The van der Waals surface area contributed by atoms with Crippen LogP contribution in [0.4, 0.5) is 0 Å². The summed E-state index contributed by atoms with van der Waals surface area (Å²) < 4.78 is 0. The van der Waals surface area contributed by atoms with E-state index < -0.39 is 0 Å². The molecule has 0 amide bonds. The van der Waals surface area contributed by atoms with E-state index in [9.17, 15) is 0 Å². The lowest BCUT2D eigenvalue weighted by Gasteiger charge is -2.23. The quantitative estimate of drug-likeness (QED) is 0.643. The van der Waals surface area contributed by atoms with Gasteiger partial charge >= 0.3 is 0 Å². The molecule has 0 heterocycles. The lowest BCUT2D eigenvalue weighted by Crippen LogP contribution is -2.18. The van der Waals surface area contributed by atoms with Crippen molar-refractivity contribution in [2.24, 2.45) is 11.8 Å². The molecule has 0 radical (unpaired) electrons. The van der Waals surface area contributed by atoms with Crippen LogP contribution in [0.2, 0.25) is 0 Å². The van der Waals surface area contributed by atoms with Gasteiger partial charge in [0.25, 0.3) is 0 Å². The molecule has 0 aliphatic rings. The topological polar surface area (TPSA) is 40.5 Å².